The second-order valence-electron chi connectivity index (χ2n) is 7.74. The molecule has 162 valence electrons. The number of pyridine rings is 1. The van der Waals surface area contributed by atoms with Crippen LogP contribution in [0.2, 0.25) is 0 Å². The van der Waals surface area contributed by atoms with Crippen LogP contribution in [0.5, 0.6) is 11.5 Å². The number of likely N-dealkylation sites (tertiary alicyclic amines) is 1. The molecule has 0 amide bonds. The molecule has 0 spiro atoms. The molecule has 1 unspecified atom stereocenters. The third-order valence-corrected chi connectivity index (χ3v) is 5.72. The van der Waals surface area contributed by atoms with E-state index in [1.165, 1.54) is 0 Å². The lowest BCUT2D eigenvalue weighted by molar-refractivity contribution is 0.0809. The Bertz CT molecular complexity index is 1050. The molecular formula is C24H27N3O4. The molecule has 0 bridgehead atoms. The van der Waals surface area contributed by atoms with Gasteiger partial charge in [-0.05, 0) is 50.6 Å². The predicted octanol–water partition coefficient (Wildman–Crippen LogP) is 4.16. The minimum absolute atomic E-state index is 0.0249. The van der Waals surface area contributed by atoms with Gasteiger partial charge in [0.05, 0.1) is 25.5 Å². The number of nitrogens with zero attached hydrogens (tertiary/aromatic N) is 3. The van der Waals surface area contributed by atoms with E-state index in [2.05, 4.69) is 9.88 Å². The maximum atomic E-state index is 12.9. The van der Waals surface area contributed by atoms with Crippen LogP contribution >= 0.6 is 0 Å². The van der Waals surface area contributed by atoms with Crippen LogP contribution in [-0.4, -0.2) is 48.0 Å². The average Bonchev–Trinajstić information content (AvgIpc) is 3.18. The molecule has 1 aliphatic rings. The summed E-state index contributed by atoms with van der Waals surface area (Å²) in [6, 6.07) is 9.27. The summed E-state index contributed by atoms with van der Waals surface area (Å²) in [5.74, 6) is 2.63. The minimum Gasteiger partial charge on any atom is -0.493 e. The largest absolute Gasteiger partial charge is 0.493 e. The first-order valence-electron chi connectivity index (χ1n) is 10.4. The molecule has 1 aromatic carbocycles. The number of aromatic nitrogens is 2. The Kier molecular flexibility index (Phi) is 6.32. The van der Waals surface area contributed by atoms with Crippen molar-refractivity contribution in [3.63, 3.8) is 0 Å². The number of rotatable bonds is 7. The molecule has 1 fully saturated rings. The Morgan fingerprint density at radius 3 is 2.84 bits per heavy atom. The number of para-hydroxylation sites is 1. The monoisotopic (exact) mass is 421 g/mol. The van der Waals surface area contributed by atoms with Crippen LogP contribution in [0.15, 0.2) is 47.1 Å². The Hall–Kier alpha value is -3.19. The molecule has 31 heavy (non-hydrogen) atoms. The predicted molar refractivity (Wildman–Crippen MR) is 116 cm³/mol. The van der Waals surface area contributed by atoms with Crippen LogP contribution in [0.3, 0.4) is 0 Å². The van der Waals surface area contributed by atoms with Crippen molar-refractivity contribution in [1.29, 1.82) is 0 Å². The average molecular weight is 421 g/mol. The van der Waals surface area contributed by atoms with E-state index in [0.717, 1.165) is 36.4 Å². The zero-order valence-corrected chi connectivity index (χ0v) is 18.1. The number of Topliss-reactive ketones (excluding diaryl/α,β-unsaturated/α-hetero) is 1. The maximum absolute atomic E-state index is 12.9. The molecule has 4 rings (SSSR count). The fourth-order valence-electron chi connectivity index (χ4n) is 4.11. The maximum Gasteiger partial charge on any atom is 0.230 e. The number of methoxy groups -OCH3 is 2. The summed E-state index contributed by atoms with van der Waals surface area (Å²) in [5.41, 5.74) is 2.30. The quantitative estimate of drug-likeness (QED) is 0.530. The molecular weight excluding hydrogens is 394 g/mol. The zero-order valence-electron chi connectivity index (χ0n) is 18.1. The standard InChI is InChI=1S/C24H27N3O4/c1-16-20(26-24(31-16)19-9-4-10-21(29-2)23(19)30-3)15-27-12-6-8-18(14-27)22(28)17-7-5-11-25-13-17/h4-5,7,9-11,13,18H,6,8,12,14-15H2,1-3H3. The zero-order chi connectivity index (χ0) is 21.8. The van der Waals surface area contributed by atoms with Gasteiger partial charge in [-0.3, -0.25) is 14.7 Å². The Morgan fingerprint density at radius 1 is 1.23 bits per heavy atom. The van der Waals surface area contributed by atoms with Gasteiger partial charge in [0.2, 0.25) is 5.89 Å². The number of carbonyl (C=O) groups is 1. The molecule has 1 aliphatic heterocycles. The molecule has 0 radical (unpaired) electrons. The molecule has 3 aromatic rings. The van der Waals surface area contributed by atoms with Gasteiger partial charge in [0.25, 0.3) is 0 Å². The first-order valence-corrected chi connectivity index (χ1v) is 10.4. The Labute approximate surface area is 182 Å². The SMILES string of the molecule is COc1cccc(-c2nc(CN3CCCC(C(=O)c4cccnc4)C3)c(C)o2)c1OC. The highest BCUT2D eigenvalue weighted by molar-refractivity contribution is 5.97. The third kappa shape index (κ3) is 4.46. The van der Waals surface area contributed by atoms with Gasteiger partial charge in [-0.25, -0.2) is 4.98 Å². The van der Waals surface area contributed by atoms with Gasteiger partial charge in [-0.15, -0.1) is 0 Å². The summed E-state index contributed by atoms with van der Waals surface area (Å²) < 4.78 is 16.9. The van der Waals surface area contributed by atoms with Crippen molar-refractivity contribution >= 4 is 5.78 Å². The van der Waals surface area contributed by atoms with E-state index in [0.29, 0.717) is 36.0 Å². The van der Waals surface area contributed by atoms with Crippen molar-refractivity contribution in [1.82, 2.24) is 14.9 Å². The van der Waals surface area contributed by atoms with Crippen molar-refractivity contribution in [3.05, 3.63) is 59.7 Å². The molecule has 0 N–H and O–H groups in total. The first kappa shape index (κ1) is 21.1. The lowest BCUT2D eigenvalue weighted by atomic mass is 9.90. The van der Waals surface area contributed by atoms with Crippen LogP contribution in [0.25, 0.3) is 11.5 Å². The number of aryl methyl sites for hydroxylation is 1. The second-order valence-corrected chi connectivity index (χ2v) is 7.74. The number of hydrogen-bond acceptors (Lipinski definition) is 7. The fourth-order valence-corrected chi connectivity index (χ4v) is 4.11. The fraction of sp³-hybridized carbons (Fsp3) is 0.375. The van der Waals surface area contributed by atoms with Crippen molar-refractivity contribution in [3.8, 4) is 23.0 Å². The van der Waals surface area contributed by atoms with Crippen LogP contribution in [0.4, 0.5) is 0 Å². The van der Waals surface area contributed by atoms with E-state index in [4.69, 9.17) is 18.9 Å². The van der Waals surface area contributed by atoms with Crippen molar-refractivity contribution in [2.24, 2.45) is 5.92 Å². The lowest BCUT2D eigenvalue weighted by Gasteiger charge is -2.31. The van der Waals surface area contributed by atoms with Crippen molar-refractivity contribution in [2.75, 3.05) is 27.3 Å². The lowest BCUT2D eigenvalue weighted by Crippen LogP contribution is -2.38. The van der Waals surface area contributed by atoms with Crippen LogP contribution in [0, 0.1) is 12.8 Å². The highest BCUT2D eigenvalue weighted by Gasteiger charge is 2.28. The normalized spacial score (nSPS) is 16.8. The number of ether oxygens (including phenoxy) is 2. The summed E-state index contributed by atoms with van der Waals surface area (Å²) in [6.45, 7) is 4.19. The van der Waals surface area contributed by atoms with E-state index in [1.54, 1.807) is 32.7 Å². The van der Waals surface area contributed by atoms with Crippen LogP contribution in [-0.2, 0) is 6.54 Å². The molecule has 1 atom stereocenters. The second kappa shape index (κ2) is 9.31. The van der Waals surface area contributed by atoms with Crippen molar-refractivity contribution in [2.45, 2.75) is 26.3 Å². The van der Waals surface area contributed by atoms with Gasteiger partial charge in [-0.2, -0.15) is 0 Å². The van der Waals surface area contributed by atoms with Gasteiger partial charge in [-0.1, -0.05) is 6.07 Å². The Balaban J connectivity index is 1.51. The van der Waals surface area contributed by atoms with Crippen molar-refractivity contribution < 1.29 is 18.7 Å². The smallest absolute Gasteiger partial charge is 0.230 e. The third-order valence-electron chi connectivity index (χ3n) is 5.72. The number of oxazole rings is 1. The summed E-state index contributed by atoms with van der Waals surface area (Å²) >= 11 is 0. The molecule has 0 aliphatic carbocycles. The highest BCUT2D eigenvalue weighted by Crippen LogP contribution is 2.38. The topological polar surface area (TPSA) is 77.7 Å². The van der Waals surface area contributed by atoms with E-state index < -0.39 is 0 Å². The molecule has 0 saturated carbocycles. The number of ketones is 1. The summed E-state index contributed by atoms with van der Waals surface area (Å²) in [4.78, 5) is 24.0. The molecule has 7 heteroatoms. The number of hydrogen-bond donors (Lipinski definition) is 0. The van der Waals surface area contributed by atoms with Crippen LogP contribution < -0.4 is 9.47 Å². The van der Waals surface area contributed by atoms with Gasteiger partial charge in [0.1, 0.15) is 5.76 Å². The molecule has 1 saturated heterocycles. The van der Waals surface area contributed by atoms with Gasteiger partial charge in [0.15, 0.2) is 17.3 Å². The number of carbonyl (C=O) groups excluding carboxylic acids is 1. The first-order chi connectivity index (χ1) is 15.1. The van der Waals surface area contributed by atoms with E-state index in [-0.39, 0.29) is 11.7 Å². The van der Waals surface area contributed by atoms with E-state index in [1.807, 2.05) is 31.2 Å². The summed E-state index contributed by atoms with van der Waals surface area (Å²) in [6.07, 6.45) is 5.21. The number of benzene rings is 1. The molecule has 7 nitrogen and oxygen atoms in total. The Morgan fingerprint density at radius 2 is 2.10 bits per heavy atom. The summed E-state index contributed by atoms with van der Waals surface area (Å²) in [7, 11) is 3.21. The van der Waals surface area contributed by atoms with E-state index >= 15 is 0 Å². The van der Waals surface area contributed by atoms with Gasteiger partial charge in [0, 0.05) is 37.0 Å². The molecule has 2 aromatic heterocycles. The summed E-state index contributed by atoms with van der Waals surface area (Å²) in [5, 5.41) is 0. The van der Waals surface area contributed by atoms with Gasteiger partial charge >= 0.3 is 0 Å². The van der Waals surface area contributed by atoms with E-state index in [9.17, 15) is 4.79 Å². The minimum atomic E-state index is -0.0249. The molecule has 3 heterocycles. The highest BCUT2D eigenvalue weighted by atomic mass is 16.5. The number of piperidine rings is 1. The van der Waals surface area contributed by atoms with Crippen LogP contribution in [0.1, 0.15) is 34.7 Å². The van der Waals surface area contributed by atoms with Gasteiger partial charge < -0.3 is 13.9 Å².